The van der Waals surface area contributed by atoms with Gasteiger partial charge in [0.15, 0.2) is 23.3 Å². The third kappa shape index (κ3) is 3.25. The van der Waals surface area contributed by atoms with Crippen LogP contribution in [-0.4, -0.2) is 11.1 Å². The molecule has 1 N–H and O–H groups in total. The van der Waals surface area contributed by atoms with Crippen LogP contribution in [0.3, 0.4) is 0 Å². The first-order chi connectivity index (χ1) is 10.8. The number of halogens is 5. The Kier molecular flexibility index (Phi) is 4.53. The molecule has 5 nitrogen and oxygen atoms in total. The molecule has 2 aromatic carbocycles. The number of benzene rings is 2. The Bertz CT molecular complexity index is 781. The highest BCUT2D eigenvalue weighted by molar-refractivity contribution is 5.81. The fraction of sp³-hybridized carbons (Fsp3) is 0. The largest absolute Gasteiger partial charge is 0.278 e. The third-order valence-corrected chi connectivity index (χ3v) is 2.69. The molecule has 0 aliphatic heterocycles. The molecule has 23 heavy (non-hydrogen) atoms. The molecule has 0 atom stereocenters. The third-order valence-electron chi connectivity index (χ3n) is 2.69. The van der Waals surface area contributed by atoms with Crippen LogP contribution in [-0.2, 0) is 0 Å². The van der Waals surface area contributed by atoms with Gasteiger partial charge in [-0.2, -0.15) is 5.10 Å². The van der Waals surface area contributed by atoms with Gasteiger partial charge in [-0.25, -0.2) is 22.0 Å². The number of nitro benzene ring substituents is 1. The van der Waals surface area contributed by atoms with E-state index in [1.165, 1.54) is 18.2 Å². The van der Waals surface area contributed by atoms with Crippen molar-refractivity contribution < 1.29 is 26.9 Å². The summed E-state index contributed by atoms with van der Waals surface area (Å²) in [6.45, 7) is 0. The van der Waals surface area contributed by atoms with Gasteiger partial charge in [0.25, 0.3) is 5.69 Å². The van der Waals surface area contributed by atoms with Crippen molar-refractivity contribution in [2.45, 2.75) is 0 Å². The van der Waals surface area contributed by atoms with Crippen molar-refractivity contribution in [3.8, 4) is 0 Å². The molecule has 0 amide bonds. The molecule has 0 aliphatic carbocycles. The van der Waals surface area contributed by atoms with E-state index in [1.54, 1.807) is 0 Å². The maximum Gasteiger partial charge on any atom is 0.271 e. The van der Waals surface area contributed by atoms with Crippen molar-refractivity contribution in [3.63, 3.8) is 0 Å². The second-order valence-electron chi connectivity index (χ2n) is 4.16. The molecule has 2 rings (SSSR count). The zero-order valence-electron chi connectivity index (χ0n) is 11.0. The van der Waals surface area contributed by atoms with Crippen molar-refractivity contribution in [2.24, 2.45) is 5.10 Å². The normalized spacial score (nSPS) is 11.0. The average molecular weight is 331 g/mol. The van der Waals surface area contributed by atoms with Gasteiger partial charge in [-0.05, 0) is 6.07 Å². The summed E-state index contributed by atoms with van der Waals surface area (Å²) in [4.78, 5) is 9.88. The van der Waals surface area contributed by atoms with E-state index in [0.29, 0.717) is 6.21 Å². The summed E-state index contributed by atoms with van der Waals surface area (Å²) in [5, 5.41) is 13.9. The molecule has 0 aliphatic rings. The van der Waals surface area contributed by atoms with E-state index in [4.69, 9.17) is 0 Å². The zero-order chi connectivity index (χ0) is 17.1. The smallest absolute Gasteiger partial charge is 0.271 e. The lowest BCUT2D eigenvalue weighted by atomic mass is 10.2. The molecule has 0 radical (unpaired) electrons. The van der Waals surface area contributed by atoms with E-state index in [9.17, 15) is 32.1 Å². The number of hydrogen-bond acceptors (Lipinski definition) is 4. The fourth-order valence-corrected chi connectivity index (χ4v) is 1.60. The van der Waals surface area contributed by atoms with E-state index >= 15 is 0 Å². The molecule has 0 spiro atoms. The van der Waals surface area contributed by atoms with Gasteiger partial charge in [0, 0.05) is 12.1 Å². The van der Waals surface area contributed by atoms with Crippen LogP contribution in [0.5, 0.6) is 0 Å². The SMILES string of the molecule is O=[N+]([O-])c1cccc(NN=Cc2c(F)c(F)c(F)c(F)c2F)c1. The molecule has 2 aromatic rings. The monoisotopic (exact) mass is 331 g/mol. The Morgan fingerprint density at radius 2 is 1.57 bits per heavy atom. The summed E-state index contributed by atoms with van der Waals surface area (Å²) in [7, 11) is 0. The molecule has 0 bridgehead atoms. The van der Waals surface area contributed by atoms with Crippen LogP contribution in [0.4, 0.5) is 33.3 Å². The standard InChI is InChI=1S/C13H6F5N3O2/c14-9-8(10(15)12(17)13(18)11(9)16)5-19-20-6-2-1-3-7(4-6)21(22)23/h1-5,20H. The van der Waals surface area contributed by atoms with Crippen molar-refractivity contribution in [3.05, 3.63) is 69.0 Å². The minimum atomic E-state index is -2.27. The number of nitrogens with zero attached hydrogens (tertiary/aromatic N) is 2. The quantitative estimate of drug-likeness (QED) is 0.232. The predicted octanol–water partition coefficient (Wildman–Crippen LogP) is 3.74. The second-order valence-corrected chi connectivity index (χ2v) is 4.16. The summed E-state index contributed by atoms with van der Waals surface area (Å²) in [5.74, 6) is -10.5. The summed E-state index contributed by atoms with van der Waals surface area (Å²) < 4.78 is 65.5. The van der Waals surface area contributed by atoms with Crippen LogP contribution in [0.15, 0.2) is 29.4 Å². The topological polar surface area (TPSA) is 67.5 Å². The Hall–Kier alpha value is -3.04. The van der Waals surface area contributed by atoms with E-state index in [-0.39, 0.29) is 11.4 Å². The highest BCUT2D eigenvalue weighted by Crippen LogP contribution is 2.22. The number of nitrogens with one attached hydrogen (secondary N) is 1. The van der Waals surface area contributed by atoms with E-state index < -0.39 is 39.6 Å². The summed E-state index contributed by atoms with van der Waals surface area (Å²) >= 11 is 0. The molecule has 0 saturated heterocycles. The van der Waals surface area contributed by atoms with Crippen LogP contribution >= 0.6 is 0 Å². The molecule has 120 valence electrons. The minimum Gasteiger partial charge on any atom is -0.278 e. The van der Waals surface area contributed by atoms with Gasteiger partial charge in [-0.15, -0.1) is 0 Å². The molecule has 10 heteroatoms. The van der Waals surface area contributed by atoms with Gasteiger partial charge >= 0.3 is 0 Å². The van der Waals surface area contributed by atoms with E-state index in [2.05, 4.69) is 10.5 Å². The van der Waals surface area contributed by atoms with Crippen LogP contribution in [0.1, 0.15) is 5.56 Å². The van der Waals surface area contributed by atoms with Crippen LogP contribution < -0.4 is 5.43 Å². The molecular weight excluding hydrogens is 325 g/mol. The van der Waals surface area contributed by atoms with Crippen LogP contribution in [0, 0.1) is 39.2 Å². The number of anilines is 1. The average Bonchev–Trinajstić information content (AvgIpc) is 2.54. The van der Waals surface area contributed by atoms with Crippen molar-refractivity contribution in [1.29, 1.82) is 0 Å². The van der Waals surface area contributed by atoms with E-state index in [0.717, 1.165) is 6.07 Å². The van der Waals surface area contributed by atoms with Crippen LogP contribution in [0.25, 0.3) is 0 Å². The highest BCUT2D eigenvalue weighted by Gasteiger charge is 2.24. The van der Waals surface area contributed by atoms with Crippen molar-refractivity contribution in [1.82, 2.24) is 0 Å². The number of nitro groups is 1. The van der Waals surface area contributed by atoms with Gasteiger partial charge < -0.3 is 0 Å². The first-order valence-electron chi connectivity index (χ1n) is 5.88. The van der Waals surface area contributed by atoms with E-state index in [1.807, 2.05) is 0 Å². The first kappa shape index (κ1) is 16.3. The number of non-ortho nitro benzene ring substituents is 1. The maximum atomic E-state index is 13.4. The zero-order valence-corrected chi connectivity index (χ0v) is 11.0. The highest BCUT2D eigenvalue weighted by atomic mass is 19.2. The van der Waals surface area contributed by atoms with Crippen molar-refractivity contribution >= 4 is 17.6 Å². The number of rotatable bonds is 4. The van der Waals surface area contributed by atoms with Gasteiger partial charge in [0.1, 0.15) is 0 Å². The van der Waals surface area contributed by atoms with Gasteiger partial charge in [-0.3, -0.25) is 15.5 Å². The number of hydrazone groups is 1. The Morgan fingerprint density at radius 3 is 2.13 bits per heavy atom. The van der Waals surface area contributed by atoms with Gasteiger partial charge in [0.2, 0.25) is 5.82 Å². The molecule has 0 fully saturated rings. The first-order valence-corrected chi connectivity index (χ1v) is 5.88. The summed E-state index contributed by atoms with van der Waals surface area (Å²) in [5.41, 5.74) is 0.759. The molecule has 0 heterocycles. The predicted molar refractivity (Wildman–Crippen MR) is 70.5 cm³/mol. The minimum absolute atomic E-state index is 0.0827. The lowest BCUT2D eigenvalue weighted by Gasteiger charge is -2.04. The van der Waals surface area contributed by atoms with Crippen molar-refractivity contribution in [2.75, 3.05) is 5.43 Å². The lowest BCUT2D eigenvalue weighted by Crippen LogP contribution is -2.07. The fourth-order valence-electron chi connectivity index (χ4n) is 1.60. The number of hydrogen-bond donors (Lipinski definition) is 1. The molecule has 0 aromatic heterocycles. The maximum absolute atomic E-state index is 13.4. The second kappa shape index (κ2) is 6.38. The molecular formula is C13H6F5N3O2. The Balaban J connectivity index is 2.28. The molecule has 0 unspecified atom stereocenters. The molecule has 0 saturated carbocycles. The van der Waals surface area contributed by atoms with Gasteiger partial charge in [-0.1, -0.05) is 6.07 Å². The lowest BCUT2D eigenvalue weighted by molar-refractivity contribution is -0.384. The summed E-state index contributed by atoms with van der Waals surface area (Å²) in [6, 6.07) is 4.92. The Labute approximate surface area is 125 Å². The summed E-state index contributed by atoms with van der Waals surface area (Å²) in [6.07, 6.45) is 0.384. The Morgan fingerprint density at radius 1 is 1.00 bits per heavy atom. The van der Waals surface area contributed by atoms with Gasteiger partial charge in [0.05, 0.1) is 22.4 Å². The van der Waals surface area contributed by atoms with Crippen LogP contribution in [0.2, 0.25) is 0 Å².